The van der Waals surface area contributed by atoms with Crippen molar-refractivity contribution in [3.63, 3.8) is 0 Å². The lowest BCUT2D eigenvalue weighted by molar-refractivity contribution is 1.28. The molecule has 0 nitrogen and oxygen atoms in total. The predicted octanol–water partition coefficient (Wildman–Crippen LogP) is 6.46. The van der Waals surface area contributed by atoms with Gasteiger partial charge in [-0.05, 0) is 121 Å². The van der Waals surface area contributed by atoms with Gasteiger partial charge in [-0.2, -0.15) is 0 Å². The Bertz CT molecular complexity index is 937. The topological polar surface area (TPSA) is 0 Å². The van der Waals surface area contributed by atoms with Crippen LogP contribution in [-0.2, 0) is 0 Å². The van der Waals surface area contributed by atoms with Crippen LogP contribution in [0.15, 0.2) is 12.1 Å². The van der Waals surface area contributed by atoms with Gasteiger partial charge < -0.3 is 0 Å². The quantitative estimate of drug-likeness (QED) is 0.417. The van der Waals surface area contributed by atoms with Crippen molar-refractivity contribution < 1.29 is 0 Å². The fourth-order valence-corrected chi connectivity index (χ4v) is 4.16. The second kappa shape index (κ2) is 4.84. The molecule has 3 aromatic carbocycles. The Morgan fingerprint density at radius 2 is 1.00 bits per heavy atom. The van der Waals surface area contributed by atoms with E-state index in [0.29, 0.717) is 0 Å². The molecule has 0 heterocycles. The Morgan fingerprint density at radius 1 is 0.409 bits per heavy atom. The third-order valence-electron chi connectivity index (χ3n) is 5.73. The molecule has 114 valence electrons. The van der Waals surface area contributed by atoms with Gasteiger partial charge in [0.05, 0.1) is 0 Å². The summed E-state index contributed by atoms with van der Waals surface area (Å²) in [5.41, 5.74) is 11.4. The van der Waals surface area contributed by atoms with Gasteiger partial charge in [0.1, 0.15) is 0 Å². The zero-order valence-corrected chi connectivity index (χ0v) is 15.2. The average Bonchev–Trinajstić information content (AvgIpc) is 2.45. The smallest absolute Gasteiger partial charge is 0.0111 e. The van der Waals surface area contributed by atoms with Crippen LogP contribution in [0.2, 0.25) is 0 Å². The number of hydrogen-bond donors (Lipinski definition) is 0. The third kappa shape index (κ3) is 1.83. The van der Waals surface area contributed by atoms with Gasteiger partial charge in [0.2, 0.25) is 0 Å². The Kier molecular flexibility index (Phi) is 3.32. The van der Waals surface area contributed by atoms with Gasteiger partial charge in [-0.3, -0.25) is 0 Å². The van der Waals surface area contributed by atoms with E-state index in [-0.39, 0.29) is 0 Å². The maximum atomic E-state index is 2.39. The summed E-state index contributed by atoms with van der Waals surface area (Å²) >= 11 is 0. The summed E-state index contributed by atoms with van der Waals surface area (Å²) < 4.78 is 0. The molecular formula is C22H26. The molecule has 0 aromatic heterocycles. The SMILES string of the molecule is Cc1cc2c(C)c3c(C)c(C)cc(C)c3c(C)c2c(C)c1C. The highest BCUT2D eigenvalue weighted by Crippen LogP contribution is 2.39. The van der Waals surface area contributed by atoms with E-state index in [1.165, 1.54) is 66.1 Å². The number of fused-ring (bicyclic) bond motifs is 2. The molecule has 0 amide bonds. The molecule has 0 aliphatic carbocycles. The molecule has 0 N–H and O–H groups in total. The summed E-state index contributed by atoms with van der Waals surface area (Å²) in [6, 6.07) is 4.73. The summed E-state index contributed by atoms with van der Waals surface area (Å²) in [6.07, 6.45) is 0. The predicted molar refractivity (Wildman–Crippen MR) is 99.4 cm³/mol. The van der Waals surface area contributed by atoms with Gasteiger partial charge >= 0.3 is 0 Å². The Balaban J connectivity index is 2.74. The van der Waals surface area contributed by atoms with Crippen LogP contribution < -0.4 is 0 Å². The van der Waals surface area contributed by atoms with E-state index in [1.807, 2.05) is 0 Å². The zero-order valence-electron chi connectivity index (χ0n) is 15.2. The molecule has 0 saturated carbocycles. The van der Waals surface area contributed by atoms with Crippen molar-refractivity contribution in [2.24, 2.45) is 0 Å². The molecule has 0 aliphatic rings. The summed E-state index contributed by atoms with van der Waals surface area (Å²) in [6.45, 7) is 18.1. The van der Waals surface area contributed by atoms with E-state index >= 15 is 0 Å². The highest BCUT2D eigenvalue weighted by atomic mass is 14.2. The first-order valence-corrected chi connectivity index (χ1v) is 8.15. The monoisotopic (exact) mass is 290 g/mol. The van der Waals surface area contributed by atoms with Gasteiger partial charge in [0, 0.05) is 0 Å². The molecule has 22 heavy (non-hydrogen) atoms. The van der Waals surface area contributed by atoms with E-state index in [9.17, 15) is 0 Å². The van der Waals surface area contributed by atoms with Crippen LogP contribution in [0.25, 0.3) is 21.5 Å². The van der Waals surface area contributed by atoms with E-state index in [0.717, 1.165) is 0 Å². The molecule has 0 heteroatoms. The third-order valence-corrected chi connectivity index (χ3v) is 5.73. The number of hydrogen-bond acceptors (Lipinski definition) is 0. The normalized spacial score (nSPS) is 11.6. The zero-order chi connectivity index (χ0) is 16.3. The first-order valence-electron chi connectivity index (χ1n) is 8.15. The van der Waals surface area contributed by atoms with Crippen molar-refractivity contribution in [1.82, 2.24) is 0 Å². The molecule has 0 unspecified atom stereocenters. The van der Waals surface area contributed by atoms with Gasteiger partial charge in [0.15, 0.2) is 0 Å². The van der Waals surface area contributed by atoms with Crippen LogP contribution >= 0.6 is 0 Å². The molecule has 0 bridgehead atoms. The molecule has 0 aliphatic heterocycles. The van der Waals surface area contributed by atoms with Crippen LogP contribution in [0.4, 0.5) is 0 Å². The molecule has 3 rings (SSSR count). The van der Waals surface area contributed by atoms with E-state index in [4.69, 9.17) is 0 Å². The lowest BCUT2D eigenvalue weighted by Gasteiger charge is -2.20. The van der Waals surface area contributed by atoms with Crippen LogP contribution in [0.5, 0.6) is 0 Å². The van der Waals surface area contributed by atoms with Crippen molar-refractivity contribution in [3.8, 4) is 0 Å². The summed E-state index contributed by atoms with van der Waals surface area (Å²) in [5, 5.41) is 5.81. The number of rotatable bonds is 0. The highest BCUT2D eigenvalue weighted by molar-refractivity contribution is 6.09. The average molecular weight is 290 g/mol. The number of benzene rings is 3. The van der Waals surface area contributed by atoms with Crippen molar-refractivity contribution >= 4 is 21.5 Å². The standard InChI is InChI=1S/C22H26/c1-11-9-13(3)20-18(8)21-16(6)14(4)12(2)10-19(21)17(7)22(20)15(11)5/h9-10H,1-8H3. The minimum atomic E-state index is 1.40. The van der Waals surface area contributed by atoms with E-state index in [2.05, 4.69) is 67.5 Å². The van der Waals surface area contributed by atoms with Crippen LogP contribution in [-0.4, -0.2) is 0 Å². The highest BCUT2D eigenvalue weighted by Gasteiger charge is 2.16. The molecule has 3 aromatic rings. The second-order valence-electron chi connectivity index (χ2n) is 7.00. The number of aryl methyl sites for hydroxylation is 7. The molecule has 0 atom stereocenters. The fourth-order valence-electron chi connectivity index (χ4n) is 4.16. The largest absolute Gasteiger partial charge is 0.0555 e. The maximum Gasteiger partial charge on any atom is -0.0111 e. The molecule has 0 saturated heterocycles. The van der Waals surface area contributed by atoms with Gasteiger partial charge in [-0.15, -0.1) is 0 Å². The van der Waals surface area contributed by atoms with Gasteiger partial charge in [-0.1, -0.05) is 12.1 Å². The second-order valence-corrected chi connectivity index (χ2v) is 7.00. The van der Waals surface area contributed by atoms with Gasteiger partial charge in [0.25, 0.3) is 0 Å². The fraction of sp³-hybridized carbons (Fsp3) is 0.364. The maximum absolute atomic E-state index is 2.39. The van der Waals surface area contributed by atoms with Crippen molar-refractivity contribution in [3.05, 3.63) is 56.6 Å². The summed E-state index contributed by atoms with van der Waals surface area (Å²) in [4.78, 5) is 0. The molecule has 0 spiro atoms. The van der Waals surface area contributed by atoms with Crippen LogP contribution in [0, 0.1) is 55.4 Å². The van der Waals surface area contributed by atoms with Crippen molar-refractivity contribution in [2.75, 3.05) is 0 Å². The first kappa shape index (κ1) is 15.1. The Labute approximate surface area is 134 Å². The van der Waals surface area contributed by atoms with Crippen molar-refractivity contribution in [2.45, 2.75) is 55.4 Å². The minimum absolute atomic E-state index is 1.40. The lowest BCUT2D eigenvalue weighted by atomic mass is 9.84. The molecule has 0 fully saturated rings. The Morgan fingerprint density at radius 3 is 1.64 bits per heavy atom. The van der Waals surface area contributed by atoms with Crippen molar-refractivity contribution in [1.29, 1.82) is 0 Å². The summed E-state index contributed by atoms with van der Waals surface area (Å²) in [7, 11) is 0. The molecular weight excluding hydrogens is 264 g/mol. The van der Waals surface area contributed by atoms with Crippen LogP contribution in [0.1, 0.15) is 44.5 Å². The molecule has 0 radical (unpaired) electrons. The lowest BCUT2D eigenvalue weighted by Crippen LogP contribution is -1.99. The minimum Gasteiger partial charge on any atom is -0.0555 e. The summed E-state index contributed by atoms with van der Waals surface area (Å²) in [5.74, 6) is 0. The van der Waals surface area contributed by atoms with Crippen LogP contribution in [0.3, 0.4) is 0 Å². The first-order chi connectivity index (χ1) is 10.3. The van der Waals surface area contributed by atoms with E-state index in [1.54, 1.807) is 0 Å². The van der Waals surface area contributed by atoms with E-state index < -0.39 is 0 Å². The van der Waals surface area contributed by atoms with Gasteiger partial charge in [-0.25, -0.2) is 0 Å². The Hall–Kier alpha value is -1.82.